The minimum atomic E-state index is -4.45. The van der Waals surface area contributed by atoms with Crippen molar-refractivity contribution in [1.29, 1.82) is 0 Å². The van der Waals surface area contributed by atoms with E-state index >= 15 is 0 Å². The Hall–Kier alpha value is -3.87. The van der Waals surface area contributed by atoms with Gasteiger partial charge in [-0.05, 0) is 42.0 Å². The molecule has 0 saturated carbocycles. The molecule has 0 radical (unpaired) electrons. The average Bonchev–Trinajstić information content (AvgIpc) is 3.62. The van der Waals surface area contributed by atoms with Crippen LogP contribution in [0, 0.1) is 0 Å². The summed E-state index contributed by atoms with van der Waals surface area (Å²) in [4.78, 5) is 17.1. The summed E-state index contributed by atoms with van der Waals surface area (Å²) in [5.74, 6) is 1.07. The predicted molar refractivity (Wildman–Crippen MR) is 153 cm³/mol. The van der Waals surface area contributed by atoms with Gasteiger partial charge in [0.2, 0.25) is 0 Å². The lowest BCUT2D eigenvalue weighted by atomic mass is 10.1. The number of rotatable bonds is 9. The summed E-state index contributed by atoms with van der Waals surface area (Å²) in [6, 6.07) is 19.6. The van der Waals surface area contributed by atoms with Gasteiger partial charge in [0, 0.05) is 17.5 Å². The van der Waals surface area contributed by atoms with Crippen LogP contribution >= 0.6 is 34.7 Å². The van der Waals surface area contributed by atoms with E-state index in [0.717, 1.165) is 17.8 Å². The number of amides is 1. The molecule has 0 bridgehead atoms. The predicted octanol–water partition coefficient (Wildman–Crippen LogP) is 7.29. The summed E-state index contributed by atoms with van der Waals surface area (Å²) in [6.07, 6.45) is -4.45. The molecule has 0 saturated heterocycles. The van der Waals surface area contributed by atoms with Crippen LogP contribution in [0.3, 0.4) is 0 Å². The quantitative estimate of drug-likeness (QED) is 0.175. The molecule has 13 heteroatoms. The topological polar surface area (TPSA) is 81.9 Å². The van der Waals surface area contributed by atoms with Gasteiger partial charge in [0.1, 0.15) is 16.5 Å². The van der Waals surface area contributed by atoms with E-state index in [1.165, 1.54) is 35.2 Å². The molecule has 7 nitrogen and oxygen atoms in total. The van der Waals surface area contributed by atoms with Crippen LogP contribution < -0.4 is 10.1 Å². The SMILES string of the molecule is COc1ccccc1-n1c(SCc2nc(C(=O)NCc3cccc(C(F)(F)F)c3)cs2)nnc1-c1ccccc1Cl. The summed E-state index contributed by atoms with van der Waals surface area (Å²) in [7, 11) is 1.58. The van der Waals surface area contributed by atoms with Crippen molar-refractivity contribution in [1.82, 2.24) is 25.1 Å². The first-order chi connectivity index (χ1) is 19.7. The minimum Gasteiger partial charge on any atom is -0.495 e. The number of nitrogens with one attached hydrogen (secondary N) is 1. The Morgan fingerprint density at radius 2 is 1.85 bits per heavy atom. The van der Waals surface area contributed by atoms with Crippen LogP contribution in [0.15, 0.2) is 83.3 Å². The van der Waals surface area contributed by atoms with Gasteiger partial charge in [-0.25, -0.2) is 4.98 Å². The van der Waals surface area contributed by atoms with Gasteiger partial charge < -0.3 is 10.1 Å². The highest BCUT2D eigenvalue weighted by Crippen LogP contribution is 2.36. The van der Waals surface area contributed by atoms with E-state index in [4.69, 9.17) is 16.3 Å². The minimum absolute atomic E-state index is 0.0583. The number of aromatic nitrogens is 4. The molecule has 0 spiro atoms. The van der Waals surface area contributed by atoms with Crippen LogP contribution in [0.5, 0.6) is 5.75 Å². The first-order valence-electron chi connectivity index (χ1n) is 12.1. The number of nitrogens with zero attached hydrogens (tertiary/aromatic N) is 4. The van der Waals surface area contributed by atoms with Gasteiger partial charge >= 0.3 is 6.18 Å². The second-order valence-corrected chi connectivity index (χ2v) is 10.9. The molecule has 1 amide bonds. The van der Waals surface area contributed by atoms with Gasteiger partial charge in [0.25, 0.3) is 5.91 Å². The van der Waals surface area contributed by atoms with Crippen LogP contribution in [0.4, 0.5) is 13.2 Å². The average molecular weight is 616 g/mol. The number of methoxy groups -OCH3 is 1. The fourth-order valence-electron chi connectivity index (χ4n) is 3.95. The Morgan fingerprint density at radius 3 is 2.63 bits per heavy atom. The van der Waals surface area contributed by atoms with Gasteiger partial charge in [-0.1, -0.05) is 59.8 Å². The highest BCUT2D eigenvalue weighted by Gasteiger charge is 2.30. The van der Waals surface area contributed by atoms with Crippen LogP contribution in [-0.4, -0.2) is 32.8 Å². The molecule has 2 aromatic heterocycles. The van der Waals surface area contributed by atoms with Crippen molar-refractivity contribution in [3.05, 3.63) is 105 Å². The standard InChI is InChI=1S/C28H21ClF3N5O2S2/c1-39-23-12-5-4-11-22(23)37-25(19-9-2-3-10-20(19)29)35-36-27(37)41-16-24-34-21(15-40-24)26(38)33-14-17-7-6-8-18(13-17)28(30,31)32/h2-13,15H,14,16H2,1H3,(H,33,38). The molecule has 0 aliphatic heterocycles. The van der Waals surface area contributed by atoms with Crippen LogP contribution in [0.2, 0.25) is 5.02 Å². The first-order valence-corrected chi connectivity index (χ1v) is 14.3. The molecule has 5 aromatic rings. The maximum absolute atomic E-state index is 13.0. The molecule has 0 aliphatic rings. The van der Waals surface area contributed by atoms with Crippen molar-refractivity contribution >= 4 is 40.6 Å². The van der Waals surface area contributed by atoms with Crippen molar-refractivity contribution in [2.45, 2.75) is 23.6 Å². The zero-order chi connectivity index (χ0) is 29.0. The van der Waals surface area contributed by atoms with Crippen molar-refractivity contribution in [2.24, 2.45) is 0 Å². The van der Waals surface area contributed by atoms with Crippen molar-refractivity contribution in [3.63, 3.8) is 0 Å². The fraction of sp³-hybridized carbons (Fsp3) is 0.143. The van der Waals surface area contributed by atoms with E-state index in [0.29, 0.717) is 43.6 Å². The summed E-state index contributed by atoms with van der Waals surface area (Å²) in [5.41, 5.74) is 1.18. The molecule has 0 aliphatic carbocycles. The molecule has 0 atom stereocenters. The smallest absolute Gasteiger partial charge is 0.416 e. The molecule has 41 heavy (non-hydrogen) atoms. The molecule has 0 fully saturated rings. The second-order valence-electron chi connectivity index (χ2n) is 8.59. The number of thioether (sulfide) groups is 1. The van der Waals surface area contributed by atoms with Crippen molar-refractivity contribution < 1.29 is 22.7 Å². The summed E-state index contributed by atoms with van der Waals surface area (Å²) < 4.78 is 46.4. The number of carbonyl (C=O) groups excluding carboxylic acids is 1. The number of halogens is 4. The van der Waals surface area contributed by atoms with Crippen molar-refractivity contribution in [3.8, 4) is 22.8 Å². The van der Waals surface area contributed by atoms with Gasteiger partial charge in [-0.2, -0.15) is 13.2 Å². The molecule has 2 heterocycles. The number of benzene rings is 3. The number of ether oxygens (including phenoxy) is 1. The Kier molecular flexibility index (Phi) is 8.62. The summed E-state index contributed by atoms with van der Waals surface area (Å²) >= 11 is 9.15. The number of hydrogen-bond donors (Lipinski definition) is 1. The van der Waals surface area contributed by atoms with Gasteiger partial charge in [-0.3, -0.25) is 9.36 Å². The molecule has 5 rings (SSSR count). The van der Waals surface area contributed by atoms with Crippen LogP contribution in [-0.2, 0) is 18.5 Å². The van der Waals surface area contributed by atoms with E-state index in [-0.39, 0.29) is 12.2 Å². The van der Waals surface area contributed by atoms with E-state index < -0.39 is 17.6 Å². The van der Waals surface area contributed by atoms with Gasteiger partial charge in [-0.15, -0.1) is 21.5 Å². The summed E-state index contributed by atoms with van der Waals surface area (Å²) in [6.45, 7) is -0.0583. The number of carbonyl (C=O) groups is 1. The Bertz CT molecular complexity index is 1690. The lowest BCUT2D eigenvalue weighted by molar-refractivity contribution is -0.137. The number of alkyl halides is 3. The number of para-hydroxylation sites is 2. The normalized spacial score (nSPS) is 11.4. The Balaban J connectivity index is 1.32. The van der Waals surface area contributed by atoms with Gasteiger partial charge in [0.05, 0.1) is 29.1 Å². The van der Waals surface area contributed by atoms with Crippen LogP contribution in [0.25, 0.3) is 17.1 Å². The van der Waals surface area contributed by atoms with Crippen molar-refractivity contribution in [2.75, 3.05) is 7.11 Å². The molecular weight excluding hydrogens is 595 g/mol. The number of hydrogen-bond acceptors (Lipinski definition) is 7. The van der Waals surface area contributed by atoms with E-state index in [2.05, 4.69) is 20.5 Å². The third-order valence-corrected chi connectivity index (χ3v) is 8.19. The zero-order valence-electron chi connectivity index (χ0n) is 21.4. The largest absolute Gasteiger partial charge is 0.495 e. The first kappa shape index (κ1) is 28.7. The molecule has 210 valence electrons. The monoisotopic (exact) mass is 615 g/mol. The maximum Gasteiger partial charge on any atom is 0.416 e. The Labute approximate surface area is 246 Å². The van der Waals surface area contributed by atoms with E-state index in [9.17, 15) is 18.0 Å². The lowest BCUT2D eigenvalue weighted by Gasteiger charge is -2.14. The number of thiazole rings is 1. The lowest BCUT2D eigenvalue weighted by Crippen LogP contribution is -2.23. The van der Waals surface area contributed by atoms with Gasteiger partial charge in [0.15, 0.2) is 11.0 Å². The molecule has 1 N–H and O–H groups in total. The van der Waals surface area contributed by atoms with E-state index in [1.54, 1.807) is 18.6 Å². The summed E-state index contributed by atoms with van der Waals surface area (Å²) in [5, 5.41) is 14.8. The van der Waals surface area contributed by atoms with Crippen LogP contribution in [0.1, 0.15) is 26.6 Å². The molecule has 3 aromatic carbocycles. The Morgan fingerprint density at radius 1 is 1.07 bits per heavy atom. The molecule has 0 unspecified atom stereocenters. The third kappa shape index (κ3) is 6.55. The highest BCUT2D eigenvalue weighted by atomic mass is 35.5. The highest BCUT2D eigenvalue weighted by molar-refractivity contribution is 7.98. The third-order valence-electron chi connectivity index (χ3n) is 5.89. The zero-order valence-corrected chi connectivity index (χ0v) is 23.7. The second kappa shape index (κ2) is 12.3. The molecular formula is C28H21ClF3N5O2S2. The van der Waals surface area contributed by atoms with E-state index in [1.807, 2.05) is 47.0 Å². The fourth-order valence-corrected chi connectivity index (χ4v) is 5.91. The maximum atomic E-state index is 13.0.